The lowest BCUT2D eigenvalue weighted by Gasteiger charge is -2.15. The number of carbonyl (C=O) groups is 2. The van der Waals surface area contributed by atoms with E-state index in [1.807, 2.05) is 0 Å². The number of amides is 2. The van der Waals surface area contributed by atoms with E-state index in [9.17, 15) is 9.59 Å². The van der Waals surface area contributed by atoms with Gasteiger partial charge in [0.1, 0.15) is 5.75 Å². The van der Waals surface area contributed by atoms with Gasteiger partial charge in [0.25, 0.3) is 5.91 Å². The van der Waals surface area contributed by atoms with Gasteiger partial charge in [-0.3, -0.25) is 9.59 Å². The van der Waals surface area contributed by atoms with Crippen LogP contribution in [0, 0.1) is 0 Å². The van der Waals surface area contributed by atoms with Gasteiger partial charge >= 0.3 is 0 Å². The van der Waals surface area contributed by atoms with Crippen molar-refractivity contribution in [1.82, 2.24) is 10.2 Å². The van der Waals surface area contributed by atoms with Gasteiger partial charge in [-0.05, 0) is 25.1 Å². The smallest absolute Gasteiger partial charge is 0.260 e. The van der Waals surface area contributed by atoms with Gasteiger partial charge < -0.3 is 15.0 Å². The maximum absolute atomic E-state index is 11.8. The first-order valence-electron chi connectivity index (χ1n) is 6.40. The van der Waals surface area contributed by atoms with Crippen molar-refractivity contribution in [2.75, 3.05) is 20.6 Å². The molecule has 5 nitrogen and oxygen atoms in total. The fourth-order valence-electron chi connectivity index (χ4n) is 1.51. The molecule has 0 bridgehead atoms. The summed E-state index contributed by atoms with van der Waals surface area (Å²) in [6, 6.07) is 4.73. The molecule has 0 saturated carbocycles. The van der Waals surface area contributed by atoms with Crippen LogP contribution in [-0.4, -0.2) is 43.5 Å². The minimum absolute atomic E-state index is 0.0505. The fourth-order valence-corrected chi connectivity index (χ4v) is 2.02. The highest BCUT2D eigenvalue weighted by atomic mass is 35.5. The van der Waals surface area contributed by atoms with E-state index in [0.29, 0.717) is 15.8 Å². The first kappa shape index (κ1) is 17.6. The van der Waals surface area contributed by atoms with Crippen molar-refractivity contribution in [1.29, 1.82) is 0 Å². The Labute approximate surface area is 134 Å². The fraction of sp³-hybridized carbons (Fsp3) is 0.429. The third-order valence-corrected chi connectivity index (χ3v) is 3.09. The Hall–Kier alpha value is -1.46. The minimum Gasteiger partial charge on any atom is -0.481 e. The molecule has 116 valence electrons. The van der Waals surface area contributed by atoms with Crippen LogP contribution in [0.5, 0.6) is 5.75 Å². The Morgan fingerprint density at radius 1 is 1.24 bits per heavy atom. The molecule has 1 rings (SSSR count). The van der Waals surface area contributed by atoms with Crippen molar-refractivity contribution in [3.63, 3.8) is 0 Å². The molecule has 0 heterocycles. The zero-order valence-electron chi connectivity index (χ0n) is 12.2. The van der Waals surface area contributed by atoms with Crippen molar-refractivity contribution < 1.29 is 14.3 Å². The summed E-state index contributed by atoms with van der Waals surface area (Å²) in [5.41, 5.74) is 0. The van der Waals surface area contributed by atoms with Crippen LogP contribution in [-0.2, 0) is 9.59 Å². The van der Waals surface area contributed by atoms with Gasteiger partial charge in [-0.2, -0.15) is 0 Å². The molecular weight excluding hydrogens is 315 g/mol. The average molecular weight is 333 g/mol. The molecule has 21 heavy (non-hydrogen) atoms. The van der Waals surface area contributed by atoms with Crippen LogP contribution in [0.25, 0.3) is 0 Å². The Morgan fingerprint density at radius 3 is 2.33 bits per heavy atom. The van der Waals surface area contributed by atoms with E-state index in [2.05, 4.69) is 5.32 Å². The van der Waals surface area contributed by atoms with E-state index in [1.54, 1.807) is 39.2 Å². The van der Waals surface area contributed by atoms with Crippen molar-refractivity contribution in [3.8, 4) is 5.75 Å². The standard InChI is InChI=1S/C14H18Cl2N2O3/c1-9(14(20)17-5-4-13(19)18(2)3)21-12-7-10(15)6-11(16)8-12/h6-9H,4-5H2,1-3H3,(H,17,20)/t9-/m0/s1. The predicted molar refractivity (Wildman–Crippen MR) is 82.9 cm³/mol. The summed E-state index contributed by atoms with van der Waals surface area (Å²) >= 11 is 11.7. The monoisotopic (exact) mass is 332 g/mol. The molecule has 1 N–H and O–H groups in total. The van der Waals surface area contributed by atoms with Gasteiger partial charge in [-0.15, -0.1) is 0 Å². The van der Waals surface area contributed by atoms with E-state index in [0.717, 1.165) is 0 Å². The Balaban J connectivity index is 2.45. The zero-order chi connectivity index (χ0) is 16.0. The number of nitrogens with zero attached hydrogens (tertiary/aromatic N) is 1. The largest absolute Gasteiger partial charge is 0.481 e. The highest BCUT2D eigenvalue weighted by Gasteiger charge is 2.15. The molecule has 0 spiro atoms. The van der Waals surface area contributed by atoms with E-state index in [1.165, 1.54) is 4.90 Å². The quantitative estimate of drug-likeness (QED) is 0.869. The van der Waals surface area contributed by atoms with Crippen molar-refractivity contribution >= 4 is 35.0 Å². The van der Waals surface area contributed by atoms with E-state index < -0.39 is 6.10 Å². The summed E-state index contributed by atoms with van der Waals surface area (Å²) < 4.78 is 5.47. The Bertz CT molecular complexity index is 501. The normalized spacial score (nSPS) is 11.7. The van der Waals surface area contributed by atoms with Gasteiger partial charge in [0.2, 0.25) is 5.91 Å². The molecule has 0 radical (unpaired) electrons. The summed E-state index contributed by atoms with van der Waals surface area (Å²) in [4.78, 5) is 24.7. The summed E-state index contributed by atoms with van der Waals surface area (Å²) in [6.07, 6.45) is -0.469. The van der Waals surface area contributed by atoms with Crippen molar-refractivity contribution in [2.45, 2.75) is 19.4 Å². The van der Waals surface area contributed by atoms with Gasteiger partial charge in [-0.25, -0.2) is 0 Å². The van der Waals surface area contributed by atoms with Crippen molar-refractivity contribution in [3.05, 3.63) is 28.2 Å². The van der Waals surface area contributed by atoms with Crippen LogP contribution in [0.15, 0.2) is 18.2 Å². The van der Waals surface area contributed by atoms with Gasteiger partial charge in [-0.1, -0.05) is 23.2 Å². The lowest BCUT2D eigenvalue weighted by molar-refractivity contribution is -0.129. The zero-order valence-corrected chi connectivity index (χ0v) is 13.7. The molecular formula is C14H18Cl2N2O3. The molecule has 1 aromatic carbocycles. The first-order valence-corrected chi connectivity index (χ1v) is 7.16. The lowest BCUT2D eigenvalue weighted by atomic mass is 10.3. The SMILES string of the molecule is C[C@H](Oc1cc(Cl)cc(Cl)c1)C(=O)NCCC(=O)N(C)C. The second-order valence-electron chi connectivity index (χ2n) is 4.69. The van der Waals surface area contributed by atoms with Crippen molar-refractivity contribution in [2.24, 2.45) is 0 Å². The molecule has 0 saturated heterocycles. The number of hydrogen-bond acceptors (Lipinski definition) is 3. The number of carbonyl (C=O) groups excluding carboxylic acids is 2. The highest BCUT2D eigenvalue weighted by Crippen LogP contribution is 2.24. The van der Waals surface area contributed by atoms with E-state index in [4.69, 9.17) is 27.9 Å². The number of nitrogens with one attached hydrogen (secondary N) is 1. The number of rotatable bonds is 6. The van der Waals surface area contributed by atoms with Crippen LogP contribution in [0.2, 0.25) is 10.0 Å². The van der Waals surface area contributed by atoms with Crippen LogP contribution >= 0.6 is 23.2 Å². The van der Waals surface area contributed by atoms with Gasteiger partial charge in [0, 0.05) is 37.1 Å². The van der Waals surface area contributed by atoms with Crippen LogP contribution in [0.3, 0.4) is 0 Å². The van der Waals surface area contributed by atoms with Gasteiger partial charge in [0.05, 0.1) is 0 Å². The lowest BCUT2D eigenvalue weighted by Crippen LogP contribution is -2.38. The molecule has 7 heteroatoms. The highest BCUT2D eigenvalue weighted by molar-refractivity contribution is 6.34. The second-order valence-corrected chi connectivity index (χ2v) is 5.57. The summed E-state index contributed by atoms with van der Waals surface area (Å²) in [6.45, 7) is 1.87. The third-order valence-electron chi connectivity index (χ3n) is 2.66. The molecule has 0 aromatic heterocycles. The minimum atomic E-state index is -0.714. The number of halogens is 2. The summed E-state index contributed by atoms with van der Waals surface area (Å²) in [7, 11) is 3.33. The molecule has 0 aliphatic heterocycles. The molecule has 1 aromatic rings. The summed E-state index contributed by atoms with van der Waals surface area (Å²) in [5.74, 6) is 0.0580. The molecule has 0 aliphatic carbocycles. The van der Waals surface area contributed by atoms with E-state index in [-0.39, 0.29) is 24.8 Å². The predicted octanol–water partition coefficient (Wildman–Crippen LogP) is 2.36. The second kappa shape index (κ2) is 8.10. The molecule has 1 atom stereocenters. The molecule has 2 amide bonds. The maximum Gasteiger partial charge on any atom is 0.260 e. The van der Waals surface area contributed by atoms with E-state index >= 15 is 0 Å². The topological polar surface area (TPSA) is 58.6 Å². The molecule has 0 aliphatic rings. The Morgan fingerprint density at radius 2 is 1.81 bits per heavy atom. The van der Waals surface area contributed by atoms with Crippen LogP contribution in [0.1, 0.15) is 13.3 Å². The van der Waals surface area contributed by atoms with Gasteiger partial charge in [0.15, 0.2) is 6.10 Å². The average Bonchev–Trinajstić information content (AvgIpc) is 2.36. The maximum atomic E-state index is 11.8. The third kappa shape index (κ3) is 6.23. The number of ether oxygens (including phenoxy) is 1. The summed E-state index contributed by atoms with van der Waals surface area (Å²) in [5, 5.41) is 3.50. The Kier molecular flexibility index (Phi) is 6.78. The number of benzene rings is 1. The first-order chi connectivity index (χ1) is 9.79. The van der Waals surface area contributed by atoms with Crippen LogP contribution < -0.4 is 10.1 Å². The molecule has 0 fully saturated rings. The number of hydrogen-bond donors (Lipinski definition) is 1. The molecule has 0 unspecified atom stereocenters. The van der Waals surface area contributed by atoms with Crippen LogP contribution in [0.4, 0.5) is 0 Å².